The molecule has 1 atom stereocenters. The number of hydrogen-bond acceptors (Lipinski definition) is 5. The molecule has 2 aromatic heterocycles. The minimum absolute atomic E-state index is 0.244. The Bertz CT molecular complexity index is 1150. The first-order valence-corrected chi connectivity index (χ1v) is 12.2. The quantitative estimate of drug-likeness (QED) is 0.627. The van der Waals surface area contributed by atoms with Gasteiger partial charge in [-0.1, -0.05) is 6.92 Å². The molecular weight excluding hydrogens is 417 g/mol. The van der Waals surface area contributed by atoms with Crippen molar-refractivity contribution in [2.75, 3.05) is 37.7 Å². The van der Waals surface area contributed by atoms with Crippen LogP contribution in [-0.4, -0.2) is 65.0 Å². The Hall–Kier alpha value is -2.51. The molecule has 0 radical (unpaired) electrons. The molecule has 3 aromatic rings. The zero-order valence-electron chi connectivity index (χ0n) is 20.1. The van der Waals surface area contributed by atoms with E-state index in [2.05, 4.69) is 52.9 Å². The molecule has 2 aliphatic heterocycles. The average molecular weight is 452 g/mol. The summed E-state index contributed by atoms with van der Waals surface area (Å²) in [4.78, 5) is 9.92. The maximum absolute atomic E-state index is 15.2. The highest BCUT2D eigenvalue weighted by Crippen LogP contribution is 2.38. The van der Waals surface area contributed by atoms with Gasteiger partial charge in [-0.05, 0) is 69.4 Å². The average Bonchev–Trinajstić information content (AvgIpc) is 3.25. The summed E-state index contributed by atoms with van der Waals surface area (Å²) in [6.45, 7) is 12.9. The smallest absolute Gasteiger partial charge is 0.149 e. The van der Waals surface area contributed by atoms with Gasteiger partial charge < -0.3 is 9.64 Å². The summed E-state index contributed by atoms with van der Waals surface area (Å²) >= 11 is 0. The van der Waals surface area contributed by atoms with Gasteiger partial charge in [0.1, 0.15) is 17.2 Å². The second-order valence-corrected chi connectivity index (χ2v) is 9.58. The number of aromatic nitrogens is 3. The topological polar surface area (TPSA) is 57.3 Å². The van der Waals surface area contributed by atoms with Gasteiger partial charge >= 0.3 is 0 Å². The van der Waals surface area contributed by atoms with Gasteiger partial charge in [-0.2, -0.15) is 5.10 Å². The maximum Gasteiger partial charge on any atom is 0.149 e. The molecule has 2 saturated heterocycles. The highest BCUT2D eigenvalue weighted by molar-refractivity contribution is 5.94. The van der Waals surface area contributed by atoms with Crippen LogP contribution < -0.4 is 4.90 Å². The molecule has 7 heteroatoms. The Balaban J connectivity index is 1.59. The minimum atomic E-state index is -0.244. The number of pyridine rings is 1. The van der Waals surface area contributed by atoms with Crippen molar-refractivity contribution in [2.45, 2.75) is 59.0 Å². The molecule has 33 heavy (non-hydrogen) atoms. The monoisotopic (exact) mass is 451 g/mol. The second kappa shape index (κ2) is 9.03. The molecule has 2 fully saturated rings. The lowest BCUT2D eigenvalue weighted by Gasteiger charge is -2.45. The van der Waals surface area contributed by atoms with Gasteiger partial charge in [-0.3, -0.25) is 10.00 Å². The Kier molecular flexibility index (Phi) is 6.10. The molecule has 0 bridgehead atoms. The van der Waals surface area contributed by atoms with Crippen LogP contribution in [0.5, 0.6) is 0 Å². The van der Waals surface area contributed by atoms with Crippen LogP contribution in [0.15, 0.2) is 18.2 Å². The maximum atomic E-state index is 15.2. The Morgan fingerprint density at radius 2 is 1.94 bits per heavy atom. The number of aryl methyl sites for hydroxylation is 3. The molecule has 1 N–H and O–H groups in total. The Morgan fingerprint density at radius 3 is 2.61 bits per heavy atom. The predicted molar refractivity (Wildman–Crippen MR) is 130 cm³/mol. The fourth-order valence-electron chi connectivity index (χ4n) is 5.47. The van der Waals surface area contributed by atoms with Crippen LogP contribution in [0, 0.1) is 19.7 Å². The summed E-state index contributed by atoms with van der Waals surface area (Å²) in [5.74, 6) is 0.598. The van der Waals surface area contributed by atoms with E-state index in [0.29, 0.717) is 11.6 Å². The van der Waals surface area contributed by atoms with Gasteiger partial charge in [-0.15, -0.1) is 0 Å². The highest BCUT2D eigenvalue weighted by Gasteiger charge is 2.32. The zero-order valence-corrected chi connectivity index (χ0v) is 20.1. The molecule has 1 aromatic carbocycles. The number of anilines is 1. The van der Waals surface area contributed by atoms with E-state index >= 15 is 4.39 Å². The van der Waals surface area contributed by atoms with E-state index in [9.17, 15) is 0 Å². The third-order valence-electron chi connectivity index (χ3n) is 7.35. The van der Waals surface area contributed by atoms with Crippen LogP contribution in [0.1, 0.15) is 43.5 Å². The molecule has 4 heterocycles. The largest absolute Gasteiger partial charge is 0.381 e. The number of H-pyrrole nitrogens is 1. The SMILES string of the molecule is CCc1cc(F)c2nc(N3CCN(C4CCOCC4)C[C@@H]3C)c(-c3cc(C)[nH]n3)c(C)c2c1. The first-order chi connectivity index (χ1) is 16.0. The number of nitrogens with one attached hydrogen (secondary N) is 1. The van der Waals surface area contributed by atoms with Crippen LogP contribution in [0.2, 0.25) is 0 Å². The fraction of sp³-hybridized carbons (Fsp3) is 0.538. The molecule has 0 amide bonds. The molecule has 6 nitrogen and oxygen atoms in total. The third-order valence-corrected chi connectivity index (χ3v) is 7.35. The standard InChI is InChI=1S/C26H34FN5O/c1-5-19-13-21-18(4)24(23-12-16(2)29-30-23)26(28-25(21)22(27)14-19)32-9-8-31(15-17(32)3)20-6-10-33-11-7-20/h12-14,17,20H,5-11,15H2,1-4H3,(H,29,30)/t17-/m0/s1. The predicted octanol–water partition coefficient (Wildman–Crippen LogP) is 4.63. The summed E-state index contributed by atoms with van der Waals surface area (Å²) < 4.78 is 20.7. The molecule has 0 saturated carbocycles. The lowest BCUT2D eigenvalue weighted by molar-refractivity contribution is 0.0279. The second-order valence-electron chi connectivity index (χ2n) is 9.58. The molecule has 176 valence electrons. The minimum Gasteiger partial charge on any atom is -0.381 e. The van der Waals surface area contributed by atoms with E-state index in [1.807, 2.05) is 6.92 Å². The number of benzene rings is 1. The van der Waals surface area contributed by atoms with E-state index < -0.39 is 0 Å². The van der Waals surface area contributed by atoms with Crippen LogP contribution in [0.3, 0.4) is 0 Å². The molecule has 0 spiro atoms. The number of aromatic amines is 1. The third kappa shape index (κ3) is 4.13. The zero-order chi connectivity index (χ0) is 23.1. The lowest BCUT2D eigenvalue weighted by atomic mass is 9.97. The number of piperazine rings is 1. The first-order valence-electron chi connectivity index (χ1n) is 12.2. The summed E-state index contributed by atoms with van der Waals surface area (Å²) in [6, 6.07) is 6.63. The number of halogens is 1. The van der Waals surface area contributed by atoms with Crippen molar-refractivity contribution in [1.82, 2.24) is 20.1 Å². The molecular formula is C26H34FN5O. The summed E-state index contributed by atoms with van der Waals surface area (Å²) in [5, 5.41) is 8.53. The van der Waals surface area contributed by atoms with Crippen LogP contribution >= 0.6 is 0 Å². The van der Waals surface area contributed by atoms with Gasteiger partial charge in [0.15, 0.2) is 0 Å². The highest BCUT2D eigenvalue weighted by atomic mass is 19.1. The summed E-state index contributed by atoms with van der Waals surface area (Å²) in [7, 11) is 0. The van der Waals surface area contributed by atoms with E-state index in [0.717, 1.165) is 91.4 Å². The van der Waals surface area contributed by atoms with Gasteiger partial charge in [0.05, 0.1) is 5.69 Å². The van der Waals surface area contributed by atoms with Crippen LogP contribution in [0.4, 0.5) is 10.2 Å². The van der Waals surface area contributed by atoms with Crippen LogP contribution in [0.25, 0.3) is 22.2 Å². The molecule has 2 aliphatic rings. The first kappa shape index (κ1) is 22.3. The Morgan fingerprint density at radius 1 is 1.15 bits per heavy atom. The molecule has 5 rings (SSSR count). The normalized spacial score (nSPS) is 20.6. The van der Waals surface area contributed by atoms with Gasteiger partial charge in [0.25, 0.3) is 0 Å². The number of nitrogens with zero attached hydrogens (tertiary/aromatic N) is 4. The van der Waals surface area contributed by atoms with Crippen molar-refractivity contribution >= 4 is 16.7 Å². The van der Waals surface area contributed by atoms with Gasteiger partial charge in [0, 0.05) is 61.6 Å². The van der Waals surface area contributed by atoms with Gasteiger partial charge in [-0.25, -0.2) is 9.37 Å². The molecule has 0 aliphatic carbocycles. The van der Waals surface area contributed by atoms with E-state index in [1.165, 1.54) is 0 Å². The summed E-state index contributed by atoms with van der Waals surface area (Å²) in [6.07, 6.45) is 2.99. The van der Waals surface area contributed by atoms with Crippen molar-refractivity contribution in [3.8, 4) is 11.3 Å². The molecule has 0 unspecified atom stereocenters. The van der Waals surface area contributed by atoms with Crippen molar-refractivity contribution in [2.24, 2.45) is 0 Å². The van der Waals surface area contributed by atoms with E-state index in [-0.39, 0.29) is 11.9 Å². The van der Waals surface area contributed by atoms with Crippen molar-refractivity contribution in [3.05, 3.63) is 40.8 Å². The number of hydrogen-bond donors (Lipinski definition) is 1. The summed E-state index contributed by atoms with van der Waals surface area (Å²) in [5.41, 5.74) is 5.35. The lowest BCUT2D eigenvalue weighted by Crippen LogP contribution is -2.56. The van der Waals surface area contributed by atoms with Crippen LogP contribution in [-0.2, 0) is 11.2 Å². The van der Waals surface area contributed by atoms with Gasteiger partial charge in [0.2, 0.25) is 0 Å². The Labute approximate surface area is 195 Å². The number of fused-ring (bicyclic) bond motifs is 1. The van der Waals surface area contributed by atoms with E-state index in [1.54, 1.807) is 6.07 Å². The van der Waals surface area contributed by atoms with Crippen molar-refractivity contribution in [1.29, 1.82) is 0 Å². The van der Waals surface area contributed by atoms with Crippen molar-refractivity contribution < 1.29 is 9.13 Å². The van der Waals surface area contributed by atoms with Crippen molar-refractivity contribution in [3.63, 3.8) is 0 Å². The fourth-order valence-corrected chi connectivity index (χ4v) is 5.47. The number of rotatable bonds is 4. The van der Waals surface area contributed by atoms with E-state index in [4.69, 9.17) is 9.72 Å². The number of ether oxygens (including phenoxy) is 1.